The van der Waals surface area contributed by atoms with Crippen LogP contribution < -0.4 is 4.74 Å². The lowest BCUT2D eigenvalue weighted by molar-refractivity contribution is -0.277. The molecule has 1 aromatic rings. The van der Waals surface area contributed by atoms with Gasteiger partial charge in [-0.15, -0.1) is 0 Å². The summed E-state index contributed by atoms with van der Waals surface area (Å²) in [5.74, 6) is 0.367. The van der Waals surface area contributed by atoms with Crippen molar-refractivity contribution in [1.29, 1.82) is 0 Å². The molecule has 1 aromatic carbocycles. The highest BCUT2D eigenvalue weighted by Gasteiger charge is 2.44. The molecule has 0 aliphatic carbocycles. The molecule has 5 atom stereocenters. The highest BCUT2D eigenvalue weighted by molar-refractivity contribution is 5.27. The first-order valence-electron chi connectivity index (χ1n) is 6.23. The molecule has 0 saturated carbocycles. The normalized spacial score (nSPS) is 34.0. The van der Waals surface area contributed by atoms with Crippen LogP contribution in [-0.2, 0) is 11.3 Å². The number of ether oxygens (including phenoxy) is 2. The maximum atomic E-state index is 9.80. The van der Waals surface area contributed by atoms with Crippen molar-refractivity contribution in [3.63, 3.8) is 0 Å². The second-order valence-electron chi connectivity index (χ2n) is 4.62. The second-order valence-corrected chi connectivity index (χ2v) is 4.62. The summed E-state index contributed by atoms with van der Waals surface area (Å²) in [7, 11) is 0. The highest BCUT2D eigenvalue weighted by Crippen LogP contribution is 2.24. The molecule has 1 aliphatic rings. The topological polar surface area (TPSA) is 120 Å². The molecule has 1 fully saturated rings. The quantitative estimate of drug-likeness (QED) is 0.450. The van der Waals surface area contributed by atoms with Gasteiger partial charge < -0.3 is 35.0 Å². The molecule has 20 heavy (non-hydrogen) atoms. The van der Waals surface area contributed by atoms with Crippen molar-refractivity contribution >= 4 is 0 Å². The van der Waals surface area contributed by atoms with Gasteiger partial charge in [-0.05, 0) is 17.7 Å². The number of benzene rings is 1. The van der Waals surface area contributed by atoms with Gasteiger partial charge >= 0.3 is 0 Å². The van der Waals surface area contributed by atoms with Gasteiger partial charge in [0.1, 0.15) is 30.2 Å². The van der Waals surface area contributed by atoms with E-state index in [4.69, 9.17) is 19.7 Å². The van der Waals surface area contributed by atoms with Crippen LogP contribution in [0, 0.1) is 0 Å². The molecule has 1 saturated heterocycles. The minimum absolute atomic E-state index is 0.0969. The fourth-order valence-corrected chi connectivity index (χ4v) is 1.97. The lowest BCUT2D eigenvalue weighted by Gasteiger charge is -2.39. The van der Waals surface area contributed by atoms with Gasteiger partial charge in [0.25, 0.3) is 0 Å². The SMILES string of the molecule is OCc1ccc(OC2O[C@H](CO)[C@@H](O)[C@H](O)[C@H]2O)cc1. The summed E-state index contributed by atoms with van der Waals surface area (Å²) in [5, 5.41) is 47.0. The van der Waals surface area contributed by atoms with E-state index in [1.54, 1.807) is 24.3 Å². The van der Waals surface area contributed by atoms with Crippen molar-refractivity contribution in [2.75, 3.05) is 6.61 Å². The summed E-state index contributed by atoms with van der Waals surface area (Å²) in [6.07, 6.45) is -6.53. The van der Waals surface area contributed by atoms with Gasteiger partial charge in [0.15, 0.2) is 0 Å². The van der Waals surface area contributed by atoms with Gasteiger partial charge in [0.05, 0.1) is 13.2 Å². The van der Waals surface area contributed by atoms with Gasteiger partial charge in [0, 0.05) is 0 Å². The molecule has 5 N–H and O–H groups in total. The standard InChI is InChI=1S/C13H18O7/c14-5-7-1-3-8(4-2-7)19-13-12(18)11(17)10(16)9(6-15)20-13/h1-4,9-18H,5-6H2/t9-,10-,11+,12-,13?/m1/s1. The molecule has 0 amide bonds. The van der Waals surface area contributed by atoms with E-state index in [9.17, 15) is 15.3 Å². The van der Waals surface area contributed by atoms with Gasteiger partial charge in [-0.3, -0.25) is 0 Å². The van der Waals surface area contributed by atoms with Crippen molar-refractivity contribution in [3.05, 3.63) is 29.8 Å². The first kappa shape index (κ1) is 15.2. The Morgan fingerprint density at radius 2 is 1.60 bits per heavy atom. The van der Waals surface area contributed by atoms with E-state index in [1.165, 1.54) is 0 Å². The van der Waals surface area contributed by atoms with Crippen molar-refractivity contribution in [2.45, 2.75) is 37.3 Å². The molecule has 1 unspecified atom stereocenters. The predicted molar refractivity (Wildman–Crippen MR) is 66.8 cm³/mol. The molecule has 0 spiro atoms. The zero-order chi connectivity index (χ0) is 14.7. The number of aliphatic hydroxyl groups is 5. The fraction of sp³-hybridized carbons (Fsp3) is 0.538. The van der Waals surface area contributed by atoms with Crippen LogP contribution in [0.3, 0.4) is 0 Å². The summed E-state index contributed by atoms with van der Waals surface area (Å²) in [6, 6.07) is 6.43. The smallest absolute Gasteiger partial charge is 0.229 e. The Hall–Kier alpha value is -1.22. The Bertz CT molecular complexity index is 419. The number of rotatable bonds is 4. The number of aliphatic hydroxyl groups excluding tert-OH is 5. The summed E-state index contributed by atoms with van der Waals surface area (Å²) < 4.78 is 10.6. The maximum Gasteiger partial charge on any atom is 0.229 e. The summed E-state index contributed by atoms with van der Waals surface area (Å²) >= 11 is 0. The van der Waals surface area contributed by atoms with Crippen LogP contribution in [0.25, 0.3) is 0 Å². The number of hydrogen-bond acceptors (Lipinski definition) is 7. The molecule has 7 nitrogen and oxygen atoms in total. The molecule has 1 heterocycles. The van der Waals surface area contributed by atoms with Crippen LogP contribution in [0.4, 0.5) is 0 Å². The van der Waals surface area contributed by atoms with Gasteiger partial charge in [-0.2, -0.15) is 0 Å². The van der Waals surface area contributed by atoms with Gasteiger partial charge in [-0.1, -0.05) is 12.1 Å². The van der Waals surface area contributed by atoms with E-state index >= 15 is 0 Å². The molecule has 112 valence electrons. The molecule has 0 radical (unpaired) electrons. The minimum atomic E-state index is -1.47. The Balaban J connectivity index is 2.06. The average Bonchev–Trinajstić information content (AvgIpc) is 2.48. The Morgan fingerprint density at radius 3 is 2.15 bits per heavy atom. The second kappa shape index (κ2) is 6.49. The summed E-state index contributed by atoms with van der Waals surface area (Å²) in [4.78, 5) is 0. The summed E-state index contributed by atoms with van der Waals surface area (Å²) in [6.45, 7) is -0.603. The van der Waals surface area contributed by atoms with Crippen LogP contribution in [0.5, 0.6) is 5.75 Å². The largest absolute Gasteiger partial charge is 0.462 e. The van der Waals surface area contributed by atoms with Gasteiger partial charge in [0.2, 0.25) is 6.29 Å². The van der Waals surface area contributed by atoms with E-state index < -0.39 is 37.3 Å². The highest BCUT2D eigenvalue weighted by atomic mass is 16.7. The lowest BCUT2D eigenvalue weighted by Crippen LogP contribution is -2.60. The number of hydrogen-bond donors (Lipinski definition) is 5. The zero-order valence-corrected chi connectivity index (χ0v) is 10.7. The van der Waals surface area contributed by atoms with Gasteiger partial charge in [-0.25, -0.2) is 0 Å². The Labute approximate surface area is 115 Å². The zero-order valence-electron chi connectivity index (χ0n) is 10.7. The first-order chi connectivity index (χ1) is 9.56. The maximum absolute atomic E-state index is 9.80. The van der Waals surface area contributed by atoms with Crippen LogP contribution in [0.1, 0.15) is 5.56 Å². The molecular weight excluding hydrogens is 268 g/mol. The van der Waals surface area contributed by atoms with Crippen LogP contribution in [0.15, 0.2) is 24.3 Å². The Morgan fingerprint density at radius 1 is 0.950 bits per heavy atom. The molecule has 1 aliphatic heterocycles. The minimum Gasteiger partial charge on any atom is -0.462 e. The monoisotopic (exact) mass is 286 g/mol. The average molecular weight is 286 g/mol. The van der Waals surface area contributed by atoms with Crippen molar-refractivity contribution in [1.82, 2.24) is 0 Å². The molecule has 7 heteroatoms. The van der Waals surface area contributed by atoms with Crippen molar-refractivity contribution in [2.24, 2.45) is 0 Å². The van der Waals surface area contributed by atoms with E-state index in [2.05, 4.69) is 0 Å². The van der Waals surface area contributed by atoms with Crippen LogP contribution >= 0.6 is 0 Å². The van der Waals surface area contributed by atoms with E-state index in [-0.39, 0.29) is 6.61 Å². The Kier molecular flexibility index (Phi) is 4.92. The fourth-order valence-electron chi connectivity index (χ4n) is 1.97. The molecular formula is C13H18O7. The predicted octanol–water partition coefficient (Wildman–Crippen LogP) is -1.64. The third-order valence-corrected chi connectivity index (χ3v) is 3.21. The van der Waals surface area contributed by atoms with Crippen LogP contribution in [0.2, 0.25) is 0 Å². The van der Waals surface area contributed by atoms with Crippen molar-refractivity contribution < 1.29 is 35.0 Å². The van der Waals surface area contributed by atoms with Crippen LogP contribution in [-0.4, -0.2) is 62.8 Å². The van der Waals surface area contributed by atoms with E-state index in [0.717, 1.165) is 0 Å². The first-order valence-corrected chi connectivity index (χ1v) is 6.23. The third kappa shape index (κ3) is 3.09. The lowest BCUT2D eigenvalue weighted by atomic mass is 9.99. The van der Waals surface area contributed by atoms with E-state index in [1.807, 2.05) is 0 Å². The third-order valence-electron chi connectivity index (χ3n) is 3.21. The molecule has 2 rings (SSSR count). The molecule has 0 bridgehead atoms. The van der Waals surface area contributed by atoms with Crippen molar-refractivity contribution in [3.8, 4) is 5.75 Å². The summed E-state index contributed by atoms with van der Waals surface area (Å²) in [5.41, 5.74) is 0.700. The molecule has 0 aromatic heterocycles. The van der Waals surface area contributed by atoms with E-state index in [0.29, 0.717) is 11.3 Å².